The molecule has 1 N–H and O–H groups in total. The van der Waals surface area contributed by atoms with Crippen molar-refractivity contribution in [3.8, 4) is 5.69 Å². The second kappa shape index (κ2) is 8.18. The number of carbonyl (C=O) groups is 2. The highest BCUT2D eigenvalue weighted by molar-refractivity contribution is 9.10. The highest BCUT2D eigenvalue weighted by atomic mass is 79.9. The van der Waals surface area contributed by atoms with E-state index in [1.807, 2.05) is 36.4 Å². The maximum atomic E-state index is 12.5. The lowest BCUT2D eigenvalue weighted by Crippen LogP contribution is -2.21. The van der Waals surface area contributed by atoms with Crippen LogP contribution in [0.3, 0.4) is 0 Å². The summed E-state index contributed by atoms with van der Waals surface area (Å²) in [5, 5.41) is 7.10. The molecule has 0 radical (unpaired) electrons. The summed E-state index contributed by atoms with van der Waals surface area (Å²) >= 11 is 3.34. The number of aromatic nitrogens is 2. The van der Waals surface area contributed by atoms with Crippen LogP contribution in [0.2, 0.25) is 0 Å². The molecule has 7 heteroatoms. The van der Waals surface area contributed by atoms with Crippen LogP contribution in [-0.2, 0) is 9.53 Å². The van der Waals surface area contributed by atoms with Gasteiger partial charge in [0.25, 0.3) is 5.91 Å². The number of hydrogen-bond acceptors (Lipinski definition) is 4. The van der Waals surface area contributed by atoms with Gasteiger partial charge in [-0.25, -0.2) is 9.48 Å². The van der Waals surface area contributed by atoms with Crippen molar-refractivity contribution in [2.75, 3.05) is 11.9 Å². The Morgan fingerprint density at radius 1 is 1.11 bits per heavy atom. The van der Waals surface area contributed by atoms with Crippen LogP contribution in [0.25, 0.3) is 5.69 Å². The van der Waals surface area contributed by atoms with Crippen LogP contribution in [0.1, 0.15) is 21.7 Å². The minimum absolute atomic E-state index is 0.370. The summed E-state index contributed by atoms with van der Waals surface area (Å²) in [4.78, 5) is 24.5. The molecular weight excluding hydrogens is 410 g/mol. The lowest BCUT2D eigenvalue weighted by atomic mass is 10.2. The van der Waals surface area contributed by atoms with Gasteiger partial charge < -0.3 is 10.1 Å². The second-order valence-corrected chi connectivity index (χ2v) is 6.84. The first-order chi connectivity index (χ1) is 13.0. The largest absolute Gasteiger partial charge is 0.452 e. The van der Waals surface area contributed by atoms with Gasteiger partial charge in [-0.3, -0.25) is 4.79 Å². The van der Waals surface area contributed by atoms with E-state index in [0.29, 0.717) is 22.6 Å². The standard InChI is InChI=1S/C20H18BrN3O3/c1-13-19(14(2)24(23-13)17-9-4-3-5-10-17)20(26)27-12-18(25)22-16-8-6-7-15(21)11-16/h3-11H,12H2,1-2H3,(H,22,25). The summed E-state index contributed by atoms with van der Waals surface area (Å²) in [6.45, 7) is 3.16. The van der Waals surface area contributed by atoms with Crippen molar-refractivity contribution in [3.63, 3.8) is 0 Å². The number of carbonyl (C=O) groups excluding carboxylic acids is 2. The van der Waals surface area contributed by atoms with E-state index in [0.717, 1.165) is 10.2 Å². The molecule has 0 saturated heterocycles. The van der Waals surface area contributed by atoms with E-state index < -0.39 is 11.9 Å². The molecule has 3 aromatic rings. The predicted octanol–water partition coefficient (Wildman–Crippen LogP) is 4.05. The van der Waals surface area contributed by atoms with Gasteiger partial charge in [0.15, 0.2) is 6.61 Å². The van der Waals surface area contributed by atoms with Gasteiger partial charge in [-0.1, -0.05) is 40.2 Å². The zero-order valence-corrected chi connectivity index (χ0v) is 16.5. The summed E-state index contributed by atoms with van der Waals surface area (Å²) in [6.07, 6.45) is 0. The molecule has 0 aliphatic carbocycles. The third-order valence-electron chi connectivity index (χ3n) is 3.94. The average Bonchev–Trinajstić information content (AvgIpc) is 2.95. The molecule has 0 aliphatic rings. The number of rotatable bonds is 5. The summed E-state index contributed by atoms with van der Waals surface area (Å²) in [5.74, 6) is -0.983. The van der Waals surface area contributed by atoms with Gasteiger partial charge in [0.05, 0.1) is 17.1 Å². The van der Waals surface area contributed by atoms with E-state index in [1.165, 1.54) is 0 Å². The lowest BCUT2D eigenvalue weighted by Gasteiger charge is -2.08. The number of hydrogen-bond donors (Lipinski definition) is 1. The fourth-order valence-electron chi connectivity index (χ4n) is 2.73. The number of para-hydroxylation sites is 1. The Hall–Kier alpha value is -2.93. The first-order valence-corrected chi connectivity index (χ1v) is 9.09. The van der Waals surface area contributed by atoms with Crippen LogP contribution in [0.4, 0.5) is 5.69 Å². The second-order valence-electron chi connectivity index (χ2n) is 5.93. The van der Waals surface area contributed by atoms with Gasteiger partial charge in [0.2, 0.25) is 0 Å². The number of halogens is 1. The van der Waals surface area contributed by atoms with E-state index in [9.17, 15) is 9.59 Å². The Morgan fingerprint density at radius 2 is 1.85 bits per heavy atom. The van der Waals surface area contributed by atoms with Crippen molar-refractivity contribution in [1.29, 1.82) is 0 Å². The highest BCUT2D eigenvalue weighted by Gasteiger charge is 2.21. The molecule has 0 spiro atoms. The normalized spacial score (nSPS) is 10.5. The van der Waals surface area contributed by atoms with Crippen molar-refractivity contribution < 1.29 is 14.3 Å². The minimum Gasteiger partial charge on any atom is -0.452 e. The molecule has 0 fully saturated rings. The van der Waals surface area contributed by atoms with E-state index >= 15 is 0 Å². The summed E-state index contributed by atoms with van der Waals surface area (Å²) in [5.41, 5.74) is 3.05. The predicted molar refractivity (Wildman–Crippen MR) is 106 cm³/mol. The minimum atomic E-state index is -0.573. The highest BCUT2D eigenvalue weighted by Crippen LogP contribution is 2.19. The molecule has 6 nitrogen and oxygen atoms in total. The number of anilines is 1. The molecule has 0 unspecified atom stereocenters. The Morgan fingerprint density at radius 3 is 2.56 bits per heavy atom. The van der Waals surface area contributed by atoms with Crippen molar-refractivity contribution >= 4 is 33.5 Å². The summed E-state index contributed by atoms with van der Waals surface area (Å²) in [7, 11) is 0. The van der Waals surface area contributed by atoms with Crippen molar-refractivity contribution in [1.82, 2.24) is 9.78 Å². The SMILES string of the molecule is Cc1nn(-c2ccccc2)c(C)c1C(=O)OCC(=O)Nc1cccc(Br)c1. The fraction of sp³-hybridized carbons (Fsp3) is 0.150. The van der Waals surface area contributed by atoms with Crippen LogP contribution < -0.4 is 5.32 Å². The number of ether oxygens (including phenoxy) is 1. The lowest BCUT2D eigenvalue weighted by molar-refractivity contribution is -0.119. The first-order valence-electron chi connectivity index (χ1n) is 8.30. The number of benzene rings is 2. The van der Waals surface area contributed by atoms with Crippen LogP contribution in [0.15, 0.2) is 59.1 Å². The zero-order valence-electron chi connectivity index (χ0n) is 14.9. The van der Waals surface area contributed by atoms with Gasteiger partial charge in [0, 0.05) is 10.2 Å². The zero-order chi connectivity index (χ0) is 19.4. The maximum Gasteiger partial charge on any atom is 0.342 e. The van der Waals surface area contributed by atoms with Gasteiger partial charge >= 0.3 is 5.97 Å². The van der Waals surface area contributed by atoms with Gasteiger partial charge in [-0.05, 0) is 44.2 Å². The molecule has 138 valence electrons. The van der Waals surface area contributed by atoms with E-state index in [4.69, 9.17) is 4.74 Å². The van der Waals surface area contributed by atoms with Gasteiger partial charge in [-0.2, -0.15) is 5.10 Å². The Labute approximate surface area is 165 Å². The molecule has 2 aromatic carbocycles. The van der Waals surface area contributed by atoms with Crippen molar-refractivity contribution in [3.05, 3.63) is 76.0 Å². The van der Waals surface area contributed by atoms with E-state index in [-0.39, 0.29) is 6.61 Å². The van der Waals surface area contributed by atoms with E-state index in [2.05, 4.69) is 26.3 Å². The summed E-state index contributed by atoms with van der Waals surface area (Å²) in [6, 6.07) is 16.7. The van der Waals surface area contributed by atoms with Crippen LogP contribution in [0, 0.1) is 13.8 Å². The molecule has 1 aromatic heterocycles. The maximum absolute atomic E-state index is 12.5. The molecule has 27 heavy (non-hydrogen) atoms. The number of aryl methyl sites for hydroxylation is 1. The molecule has 0 atom stereocenters. The third kappa shape index (κ3) is 4.43. The number of nitrogens with zero attached hydrogens (tertiary/aromatic N) is 2. The topological polar surface area (TPSA) is 73.2 Å². The Balaban J connectivity index is 1.68. The molecule has 1 amide bonds. The smallest absolute Gasteiger partial charge is 0.342 e. The van der Waals surface area contributed by atoms with Crippen LogP contribution in [0.5, 0.6) is 0 Å². The number of esters is 1. The van der Waals surface area contributed by atoms with Gasteiger partial charge in [-0.15, -0.1) is 0 Å². The van der Waals surface area contributed by atoms with Crippen molar-refractivity contribution in [2.45, 2.75) is 13.8 Å². The Bertz CT molecular complexity index is 983. The first kappa shape index (κ1) is 18.8. The number of nitrogens with one attached hydrogen (secondary N) is 1. The molecule has 0 bridgehead atoms. The van der Waals surface area contributed by atoms with Gasteiger partial charge in [0.1, 0.15) is 5.56 Å². The molecule has 0 aliphatic heterocycles. The average molecular weight is 428 g/mol. The quantitative estimate of drug-likeness (QED) is 0.623. The molecule has 3 rings (SSSR count). The van der Waals surface area contributed by atoms with E-state index in [1.54, 1.807) is 36.7 Å². The van der Waals surface area contributed by atoms with Crippen molar-refractivity contribution in [2.24, 2.45) is 0 Å². The molecular formula is C20H18BrN3O3. The van der Waals surface area contributed by atoms with Crippen LogP contribution in [-0.4, -0.2) is 28.3 Å². The summed E-state index contributed by atoms with van der Waals surface area (Å²) < 4.78 is 7.72. The number of amides is 1. The Kier molecular flexibility index (Phi) is 5.71. The molecule has 1 heterocycles. The monoisotopic (exact) mass is 427 g/mol. The molecule has 0 saturated carbocycles. The van der Waals surface area contributed by atoms with Crippen LogP contribution >= 0.6 is 15.9 Å². The fourth-order valence-corrected chi connectivity index (χ4v) is 3.12. The third-order valence-corrected chi connectivity index (χ3v) is 4.43.